The molecular weight excluding hydrogens is 296 g/mol. The maximum Gasteiger partial charge on any atom is 0.135 e. The normalized spacial score (nSPS) is 17.8. The molecule has 0 unspecified atom stereocenters. The monoisotopic (exact) mass is 309 g/mol. The summed E-state index contributed by atoms with van der Waals surface area (Å²) in [5.41, 5.74) is 2.83. The summed E-state index contributed by atoms with van der Waals surface area (Å²) in [6, 6.07) is 6.21. The molecule has 0 fully saturated rings. The Morgan fingerprint density at radius 3 is 2.69 bits per heavy atom. The Balaban J connectivity index is 0.000000845. The lowest BCUT2D eigenvalue weighted by Crippen LogP contribution is -3.00. The third-order valence-electron chi connectivity index (χ3n) is 2.63. The number of quaternary nitrogens is 1. The predicted molar refractivity (Wildman–Crippen MR) is 53.7 cm³/mol. The maximum atomic E-state index is 5.91. The third kappa shape index (κ3) is 2.00. The SMILES string of the molecule is C[N+]1(C)CCc2cc(Cl)ccc21.[I-]. The van der Waals surface area contributed by atoms with Gasteiger partial charge in [0.25, 0.3) is 0 Å². The highest BCUT2D eigenvalue weighted by Gasteiger charge is 2.29. The van der Waals surface area contributed by atoms with Gasteiger partial charge < -0.3 is 24.0 Å². The van der Waals surface area contributed by atoms with E-state index in [9.17, 15) is 0 Å². The molecule has 0 saturated heterocycles. The molecule has 72 valence electrons. The zero-order valence-electron chi connectivity index (χ0n) is 7.85. The lowest BCUT2D eigenvalue weighted by atomic mass is 10.2. The van der Waals surface area contributed by atoms with Gasteiger partial charge in [0.1, 0.15) is 5.69 Å². The van der Waals surface area contributed by atoms with E-state index in [4.69, 9.17) is 11.6 Å². The van der Waals surface area contributed by atoms with E-state index in [1.807, 2.05) is 6.07 Å². The Morgan fingerprint density at radius 1 is 1.31 bits per heavy atom. The van der Waals surface area contributed by atoms with Crippen molar-refractivity contribution in [1.29, 1.82) is 0 Å². The number of fused-ring (bicyclic) bond motifs is 1. The van der Waals surface area contributed by atoms with Crippen LogP contribution >= 0.6 is 11.6 Å². The molecule has 0 bridgehead atoms. The van der Waals surface area contributed by atoms with Gasteiger partial charge >= 0.3 is 0 Å². The third-order valence-corrected chi connectivity index (χ3v) is 2.87. The molecule has 1 aromatic rings. The maximum absolute atomic E-state index is 5.91. The summed E-state index contributed by atoms with van der Waals surface area (Å²) >= 11 is 5.91. The molecule has 13 heavy (non-hydrogen) atoms. The summed E-state index contributed by atoms with van der Waals surface area (Å²) < 4.78 is 0.993. The lowest BCUT2D eigenvalue weighted by Gasteiger charge is -2.23. The van der Waals surface area contributed by atoms with Gasteiger partial charge in [-0.1, -0.05) is 11.6 Å². The molecule has 0 saturated carbocycles. The molecule has 1 aliphatic heterocycles. The highest BCUT2D eigenvalue weighted by molar-refractivity contribution is 6.30. The number of benzene rings is 1. The largest absolute Gasteiger partial charge is 1.00 e. The van der Waals surface area contributed by atoms with Crippen LogP contribution in [0.2, 0.25) is 5.02 Å². The molecule has 1 aromatic carbocycles. The van der Waals surface area contributed by atoms with Crippen molar-refractivity contribution in [1.82, 2.24) is 4.48 Å². The van der Waals surface area contributed by atoms with E-state index in [1.165, 1.54) is 17.8 Å². The van der Waals surface area contributed by atoms with Crippen LogP contribution in [-0.4, -0.2) is 20.6 Å². The highest BCUT2D eigenvalue weighted by Crippen LogP contribution is 2.33. The molecule has 0 atom stereocenters. The van der Waals surface area contributed by atoms with Crippen LogP contribution in [0.4, 0.5) is 5.69 Å². The topological polar surface area (TPSA) is 0 Å². The molecule has 2 rings (SSSR count). The minimum absolute atomic E-state index is 0. The van der Waals surface area contributed by atoms with Gasteiger partial charge in [-0.25, -0.2) is 0 Å². The summed E-state index contributed by atoms with van der Waals surface area (Å²) in [4.78, 5) is 0. The second-order valence-corrected chi connectivity index (χ2v) is 4.37. The number of hydrogen-bond acceptors (Lipinski definition) is 0. The quantitative estimate of drug-likeness (QED) is 0.446. The molecular formula is C10H13ClIN. The molecule has 1 heterocycles. The van der Waals surface area contributed by atoms with Crippen molar-refractivity contribution >= 4 is 17.3 Å². The van der Waals surface area contributed by atoms with Crippen LogP contribution in [0.25, 0.3) is 0 Å². The number of rotatable bonds is 0. The van der Waals surface area contributed by atoms with Crippen molar-refractivity contribution in [3.8, 4) is 0 Å². The van der Waals surface area contributed by atoms with E-state index in [-0.39, 0.29) is 24.0 Å². The van der Waals surface area contributed by atoms with E-state index < -0.39 is 0 Å². The number of nitrogens with zero attached hydrogens (tertiary/aromatic N) is 1. The molecule has 0 aliphatic carbocycles. The van der Waals surface area contributed by atoms with Crippen LogP contribution in [0.5, 0.6) is 0 Å². The summed E-state index contributed by atoms with van der Waals surface area (Å²) in [6.07, 6.45) is 1.16. The second kappa shape index (κ2) is 3.75. The van der Waals surface area contributed by atoms with Crippen LogP contribution in [-0.2, 0) is 6.42 Å². The van der Waals surface area contributed by atoms with E-state index in [1.54, 1.807) is 0 Å². The summed E-state index contributed by atoms with van der Waals surface area (Å²) in [5.74, 6) is 0. The fourth-order valence-corrected chi connectivity index (χ4v) is 2.06. The number of halogens is 2. The molecule has 3 heteroatoms. The summed E-state index contributed by atoms with van der Waals surface area (Å²) in [5, 5.41) is 0.857. The average Bonchev–Trinajstić information content (AvgIpc) is 2.27. The van der Waals surface area contributed by atoms with E-state index >= 15 is 0 Å². The molecule has 0 N–H and O–H groups in total. The fraction of sp³-hybridized carbons (Fsp3) is 0.400. The van der Waals surface area contributed by atoms with Crippen LogP contribution in [0.15, 0.2) is 18.2 Å². The predicted octanol–water partition coefficient (Wildman–Crippen LogP) is -0.533. The first-order chi connectivity index (χ1) is 5.59. The van der Waals surface area contributed by atoms with Gasteiger partial charge in [-0.3, -0.25) is 4.48 Å². The first kappa shape index (κ1) is 11.3. The van der Waals surface area contributed by atoms with Crippen LogP contribution < -0.4 is 28.5 Å². The van der Waals surface area contributed by atoms with Crippen molar-refractivity contribution in [3.63, 3.8) is 0 Å². The summed E-state index contributed by atoms with van der Waals surface area (Å²) in [7, 11) is 4.47. The minimum Gasteiger partial charge on any atom is -1.00 e. The van der Waals surface area contributed by atoms with E-state index in [2.05, 4.69) is 26.2 Å². The molecule has 0 amide bonds. The number of hydrogen-bond donors (Lipinski definition) is 0. The highest BCUT2D eigenvalue weighted by atomic mass is 127. The van der Waals surface area contributed by atoms with Crippen molar-refractivity contribution in [3.05, 3.63) is 28.8 Å². The molecule has 0 spiro atoms. The zero-order chi connectivity index (χ0) is 8.77. The standard InChI is InChI=1S/C10H13ClN.HI/c1-12(2)6-5-8-7-9(11)3-4-10(8)12;/h3-4,7H,5-6H2,1-2H3;1H/q+1;/p-1. The first-order valence-corrected chi connectivity index (χ1v) is 4.59. The van der Waals surface area contributed by atoms with Gasteiger partial charge in [0, 0.05) is 23.1 Å². The fourth-order valence-electron chi connectivity index (χ4n) is 1.87. The average molecular weight is 310 g/mol. The van der Waals surface area contributed by atoms with Crippen molar-refractivity contribution < 1.29 is 24.0 Å². The van der Waals surface area contributed by atoms with E-state index in [0.29, 0.717) is 0 Å². The molecule has 0 radical (unpaired) electrons. The van der Waals surface area contributed by atoms with Crippen LogP contribution in [0.3, 0.4) is 0 Å². The smallest absolute Gasteiger partial charge is 0.135 e. The van der Waals surface area contributed by atoms with Gasteiger partial charge in [-0.05, 0) is 12.1 Å². The van der Waals surface area contributed by atoms with Crippen molar-refractivity contribution in [2.75, 3.05) is 20.6 Å². The molecule has 1 nitrogen and oxygen atoms in total. The molecule has 1 aliphatic rings. The second-order valence-electron chi connectivity index (χ2n) is 3.93. The lowest BCUT2D eigenvalue weighted by molar-refractivity contribution is -0.00000252. The Morgan fingerprint density at radius 2 is 2.00 bits per heavy atom. The Bertz CT molecular complexity index is 323. The first-order valence-electron chi connectivity index (χ1n) is 4.21. The van der Waals surface area contributed by atoms with E-state index in [0.717, 1.165) is 15.9 Å². The Kier molecular flexibility index (Phi) is 3.25. The molecule has 0 aromatic heterocycles. The van der Waals surface area contributed by atoms with Crippen LogP contribution in [0, 0.1) is 0 Å². The number of likely N-dealkylation sites (N-methyl/N-ethyl adjacent to an activating group) is 1. The van der Waals surface area contributed by atoms with Gasteiger partial charge in [0.2, 0.25) is 0 Å². The van der Waals surface area contributed by atoms with Crippen molar-refractivity contribution in [2.24, 2.45) is 0 Å². The summed E-state index contributed by atoms with van der Waals surface area (Å²) in [6.45, 7) is 1.19. The Labute approximate surface area is 101 Å². The minimum atomic E-state index is 0. The zero-order valence-corrected chi connectivity index (χ0v) is 10.8. The van der Waals surface area contributed by atoms with Gasteiger partial charge in [0.05, 0.1) is 20.6 Å². The van der Waals surface area contributed by atoms with Crippen molar-refractivity contribution in [2.45, 2.75) is 6.42 Å². The Hall–Kier alpha value is 0.200. The van der Waals surface area contributed by atoms with Gasteiger partial charge in [-0.2, -0.15) is 0 Å². The van der Waals surface area contributed by atoms with Gasteiger partial charge in [-0.15, -0.1) is 0 Å². The van der Waals surface area contributed by atoms with Crippen LogP contribution in [0.1, 0.15) is 5.56 Å². The van der Waals surface area contributed by atoms with Gasteiger partial charge in [0.15, 0.2) is 0 Å².